The Labute approximate surface area is 193 Å². The van der Waals surface area contributed by atoms with Gasteiger partial charge in [0.05, 0.1) is 27.1 Å². The van der Waals surface area contributed by atoms with E-state index in [1.807, 2.05) is 41.9 Å². The molecule has 0 amide bonds. The maximum Gasteiger partial charge on any atom is 0.364 e. The molecule has 0 bridgehead atoms. The Morgan fingerprint density at radius 1 is 0.719 bits per heavy atom. The average Bonchev–Trinajstić information content (AvgIpc) is 2.63. The molecule has 0 heterocycles. The minimum atomic E-state index is -1.23. The Morgan fingerprint density at radius 2 is 1.06 bits per heavy atom. The van der Waals surface area contributed by atoms with Crippen LogP contribution in [0.2, 0.25) is 0 Å². The molecule has 0 aliphatic rings. The molecule has 2 unspecified atom stereocenters. The first-order chi connectivity index (χ1) is 13.9. The molecule has 0 spiro atoms. The minimum absolute atomic E-state index is 0. The second-order valence-electron chi connectivity index (χ2n) is 10.2. The Kier molecular flexibility index (Phi) is 12.8. The third kappa shape index (κ3) is 11.5. The number of esters is 4. The van der Waals surface area contributed by atoms with Gasteiger partial charge >= 0.3 is 23.9 Å². The summed E-state index contributed by atoms with van der Waals surface area (Å²) in [4.78, 5) is 47.9. The Hall–Kier alpha value is -2.16. The topological polar surface area (TPSA) is 105 Å². The zero-order chi connectivity index (χ0) is 24.6. The van der Waals surface area contributed by atoms with Crippen molar-refractivity contribution in [2.45, 2.75) is 61.9 Å². The normalized spacial score (nSPS) is 13.8. The van der Waals surface area contributed by atoms with Crippen molar-refractivity contribution in [2.24, 2.45) is 16.7 Å². The first-order valence-corrected chi connectivity index (χ1v) is 10.3. The van der Waals surface area contributed by atoms with E-state index < -0.39 is 41.3 Å². The summed E-state index contributed by atoms with van der Waals surface area (Å²) in [5, 5.41) is 0. The van der Waals surface area contributed by atoms with Crippen LogP contribution >= 0.6 is 0 Å². The van der Waals surface area contributed by atoms with E-state index in [4.69, 9.17) is 18.9 Å². The van der Waals surface area contributed by atoms with Crippen LogP contribution < -0.4 is 0 Å². The van der Waals surface area contributed by atoms with Crippen LogP contribution in [-0.4, -0.2) is 82.0 Å². The van der Waals surface area contributed by atoms with Gasteiger partial charge in [0.1, 0.15) is 31.8 Å². The summed E-state index contributed by atoms with van der Waals surface area (Å²) in [6.07, 6.45) is 0. The van der Waals surface area contributed by atoms with Crippen molar-refractivity contribution in [2.75, 3.05) is 47.6 Å². The fraction of sp³-hybridized carbons (Fsp3) is 0.826. The molecule has 188 valence electrons. The molecule has 0 aromatic rings. The molecular weight excluding hydrogens is 418 g/mol. The highest BCUT2D eigenvalue weighted by Crippen LogP contribution is 2.28. The number of ether oxygens (including phenoxy) is 4. The van der Waals surface area contributed by atoms with Gasteiger partial charge in [0.25, 0.3) is 0 Å². The van der Waals surface area contributed by atoms with Gasteiger partial charge in [0.15, 0.2) is 6.04 Å². The van der Waals surface area contributed by atoms with E-state index >= 15 is 0 Å². The van der Waals surface area contributed by atoms with E-state index in [1.54, 1.807) is 13.8 Å². The average molecular weight is 463 g/mol. The number of hydrogen-bond acceptors (Lipinski definition) is 8. The zero-order valence-corrected chi connectivity index (χ0v) is 20.7. The van der Waals surface area contributed by atoms with Gasteiger partial charge in [-0.15, -0.1) is 0 Å². The summed E-state index contributed by atoms with van der Waals surface area (Å²) in [7, 11) is 5.56. The van der Waals surface area contributed by atoms with Gasteiger partial charge in [-0.3, -0.25) is 14.4 Å². The van der Waals surface area contributed by atoms with E-state index in [0.717, 1.165) is 0 Å². The molecule has 0 saturated carbocycles. The monoisotopic (exact) mass is 462 g/mol. The quantitative estimate of drug-likeness (QED) is 0.262. The van der Waals surface area contributed by atoms with Crippen LogP contribution in [0.15, 0.2) is 0 Å². The minimum Gasteiger partial charge on any atom is -0.465 e. The van der Waals surface area contributed by atoms with Crippen LogP contribution in [0, 0.1) is 16.7 Å². The van der Waals surface area contributed by atoms with Gasteiger partial charge in [0, 0.05) is 13.8 Å². The van der Waals surface area contributed by atoms with Crippen molar-refractivity contribution >= 4 is 23.9 Å². The number of nitrogens with zero attached hydrogens (tertiary/aromatic N) is 1. The van der Waals surface area contributed by atoms with E-state index in [9.17, 15) is 19.2 Å². The summed E-state index contributed by atoms with van der Waals surface area (Å²) < 4.78 is 21.6. The Balaban J connectivity index is 0. The lowest BCUT2D eigenvalue weighted by Crippen LogP contribution is -2.50. The highest BCUT2D eigenvalue weighted by Gasteiger charge is 2.40. The van der Waals surface area contributed by atoms with Crippen molar-refractivity contribution < 1.29 is 42.6 Å². The second-order valence-corrected chi connectivity index (χ2v) is 10.2. The van der Waals surface area contributed by atoms with E-state index in [1.165, 1.54) is 13.8 Å². The number of rotatable bonds is 11. The number of carbonyl (C=O) groups excluding carboxylic acids is 4. The van der Waals surface area contributed by atoms with Gasteiger partial charge < -0.3 is 23.4 Å². The Morgan fingerprint density at radius 3 is 1.38 bits per heavy atom. The van der Waals surface area contributed by atoms with Crippen LogP contribution in [0.3, 0.4) is 0 Å². The molecule has 0 rings (SSSR count). The molecule has 0 N–H and O–H groups in total. The summed E-state index contributed by atoms with van der Waals surface area (Å²) >= 11 is 0. The second kappa shape index (κ2) is 12.8. The molecule has 32 heavy (non-hydrogen) atoms. The first-order valence-electron chi connectivity index (χ1n) is 10.3. The maximum atomic E-state index is 12.5. The summed E-state index contributed by atoms with van der Waals surface area (Å²) in [6, 6.07) is -0.469. The molecule has 0 saturated heterocycles. The van der Waals surface area contributed by atoms with Gasteiger partial charge in [0.2, 0.25) is 0 Å². The number of quaternary nitrogens is 1. The third-order valence-corrected chi connectivity index (χ3v) is 5.36. The van der Waals surface area contributed by atoms with Gasteiger partial charge in [-0.25, -0.2) is 4.79 Å². The lowest BCUT2D eigenvalue weighted by atomic mass is 9.82. The van der Waals surface area contributed by atoms with Crippen LogP contribution in [0.1, 0.15) is 55.9 Å². The smallest absolute Gasteiger partial charge is 0.364 e. The largest absolute Gasteiger partial charge is 0.465 e. The third-order valence-electron chi connectivity index (χ3n) is 5.36. The van der Waals surface area contributed by atoms with Crippen LogP contribution in [0.4, 0.5) is 0 Å². The molecule has 0 aliphatic carbocycles. The van der Waals surface area contributed by atoms with Crippen molar-refractivity contribution in [3.8, 4) is 0 Å². The SMILES string of the molecule is C.CC(=O)OCC(COC(C)=O)(COC(=O)C(C)C(C)(C)C)COC(=O)C(C)[N+](C)(C)C. The standard InChI is InChI=1S/C22H40NO8.CH4/c1-15(21(5,6)7)19(26)30-13-22(11-28-17(3)24,12-29-18(4)25)14-31-20(27)16(2)23(8,9)10;/h15-16H,11-14H2,1-10H3;1H4/q+1;. The highest BCUT2D eigenvalue weighted by molar-refractivity contribution is 5.74. The van der Waals surface area contributed by atoms with Gasteiger partial charge in [-0.05, 0) is 12.3 Å². The molecular formula is C23H44NO8+. The zero-order valence-electron chi connectivity index (χ0n) is 20.7. The molecule has 2 atom stereocenters. The molecule has 9 heteroatoms. The molecule has 0 radical (unpaired) electrons. The van der Waals surface area contributed by atoms with Crippen molar-refractivity contribution in [3.63, 3.8) is 0 Å². The van der Waals surface area contributed by atoms with Crippen LogP contribution in [0.5, 0.6) is 0 Å². The van der Waals surface area contributed by atoms with Crippen molar-refractivity contribution in [1.29, 1.82) is 0 Å². The van der Waals surface area contributed by atoms with Gasteiger partial charge in [-0.2, -0.15) is 0 Å². The number of likely N-dealkylation sites (N-methyl/N-ethyl adjacent to an activating group) is 1. The van der Waals surface area contributed by atoms with Crippen molar-refractivity contribution in [3.05, 3.63) is 0 Å². The highest BCUT2D eigenvalue weighted by atomic mass is 16.6. The molecule has 9 nitrogen and oxygen atoms in total. The fourth-order valence-corrected chi connectivity index (χ4v) is 2.12. The maximum absolute atomic E-state index is 12.5. The van der Waals surface area contributed by atoms with Gasteiger partial charge in [-0.1, -0.05) is 35.1 Å². The summed E-state index contributed by atoms with van der Waals surface area (Å²) in [5.74, 6) is -2.46. The van der Waals surface area contributed by atoms with Crippen LogP contribution in [-0.2, 0) is 38.1 Å². The summed E-state index contributed by atoms with van der Waals surface area (Å²) in [6.45, 7) is 10.7. The number of carbonyl (C=O) groups is 4. The van der Waals surface area contributed by atoms with E-state index in [-0.39, 0.29) is 39.3 Å². The first kappa shape index (κ1) is 32.0. The fourth-order valence-electron chi connectivity index (χ4n) is 2.12. The van der Waals surface area contributed by atoms with Crippen molar-refractivity contribution in [1.82, 2.24) is 0 Å². The number of hydrogen-bond donors (Lipinski definition) is 0. The molecule has 0 aliphatic heterocycles. The lowest BCUT2D eigenvalue weighted by Gasteiger charge is -2.34. The predicted molar refractivity (Wildman–Crippen MR) is 120 cm³/mol. The van der Waals surface area contributed by atoms with E-state index in [0.29, 0.717) is 4.48 Å². The Bertz CT molecular complexity index is 589. The molecule has 0 fully saturated rings. The predicted octanol–water partition coefficient (Wildman–Crippen LogP) is 2.60. The van der Waals surface area contributed by atoms with E-state index in [2.05, 4.69) is 0 Å². The molecule has 0 aromatic heterocycles. The van der Waals surface area contributed by atoms with Crippen LogP contribution in [0.25, 0.3) is 0 Å². The summed E-state index contributed by atoms with van der Waals surface area (Å²) in [5.41, 5.74) is -1.55. The molecule has 0 aromatic carbocycles. The lowest BCUT2D eigenvalue weighted by molar-refractivity contribution is -0.885.